The summed E-state index contributed by atoms with van der Waals surface area (Å²) in [6.07, 6.45) is 0.945. The van der Waals surface area contributed by atoms with Gasteiger partial charge in [-0.25, -0.2) is 4.98 Å². The second-order valence-corrected chi connectivity index (χ2v) is 5.09. The van der Waals surface area contributed by atoms with Gasteiger partial charge in [0.25, 0.3) is 0 Å². The van der Waals surface area contributed by atoms with E-state index in [1.807, 2.05) is 6.92 Å². The van der Waals surface area contributed by atoms with Gasteiger partial charge >= 0.3 is 0 Å². The van der Waals surface area contributed by atoms with Crippen LogP contribution >= 0.6 is 11.3 Å². The van der Waals surface area contributed by atoms with E-state index in [9.17, 15) is 0 Å². The average molecular weight is 232 g/mol. The van der Waals surface area contributed by atoms with Gasteiger partial charge in [0.15, 0.2) is 0 Å². The summed E-state index contributed by atoms with van der Waals surface area (Å²) in [5.74, 6) is 0. The first-order chi connectivity index (χ1) is 7.70. The standard InChI is InChI=1S/C13H16N2S/c1-9-13(16-10(2)15-9)12-5-3-11(4-6-12)7-8-14/h3-6H,7-8,14H2,1-2H3. The zero-order valence-electron chi connectivity index (χ0n) is 9.66. The van der Waals surface area contributed by atoms with Crippen molar-refractivity contribution in [2.24, 2.45) is 5.73 Å². The van der Waals surface area contributed by atoms with Crippen LogP contribution < -0.4 is 5.73 Å². The van der Waals surface area contributed by atoms with Gasteiger partial charge in [-0.3, -0.25) is 0 Å². The van der Waals surface area contributed by atoms with Crippen LogP contribution in [-0.4, -0.2) is 11.5 Å². The van der Waals surface area contributed by atoms with E-state index < -0.39 is 0 Å². The molecule has 2 N–H and O–H groups in total. The van der Waals surface area contributed by atoms with Crippen LogP contribution in [0.1, 0.15) is 16.3 Å². The summed E-state index contributed by atoms with van der Waals surface area (Å²) >= 11 is 1.75. The molecule has 0 saturated heterocycles. The molecule has 0 spiro atoms. The lowest BCUT2D eigenvalue weighted by atomic mass is 10.1. The van der Waals surface area contributed by atoms with Gasteiger partial charge < -0.3 is 5.73 Å². The molecule has 0 radical (unpaired) electrons. The molecule has 3 heteroatoms. The van der Waals surface area contributed by atoms with Crippen molar-refractivity contribution in [2.75, 3.05) is 6.54 Å². The fraction of sp³-hybridized carbons (Fsp3) is 0.308. The summed E-state index contributed by atoms with van der Waals surface area (Å²) in [5.41, 5.74) is 9.20. The highest BCUT2D eigenvalue weighted by Crippen LogP contribution is 2.29. The normalized spacial score (nSPS) is 10.7. The van der Waals surface area contributed by atoms with Crippen LogP contribution in [0.5, 0.6) is 0 Å². The smallest absolute Gasteiger partial charge is 0.0903 e. The maximum atomic E-state index is 5.53. The minimum Gasteiger partial charge on any atom is -0.330 e. The quantitative estimate of drug-likeness (QED) is 0.883. The summed E-state index contributed by atoms with van der Waals surface area (Å²) < 4.78 is 0. The lowest BCUT2D eigenvalue weighted by Gasteiger charge is -2.01. The predicted molar refractivity (Wildman–Crippen MR) is 69.8 cm³/mol. The number of rotatable bonds is 3. The van der Waals surface area contributed by atoms with Crippen molar-refractivity contribution in [1.82, 2.24) is 4.98 Å². The number of thiazole rings is 1. The van der Waals surface area contributed by atoms with Crippen molar-refractivity contribution in [3.05, 3.63) is 40.5 Å². The molecule has 0 fully saturated rings. The lowest BCUT2D eigenvalue weighted by Crippen LogP contribution is -2.02. The summed E-state index contributed by atoms with van der Waals surface area (Å²) in [4.78, 5) is 5.72. The predicted octanol–water partition coefficient (Wildman–Crippen LogP) is 2.93. The van der Waals surface area contributed by atoms with Gasteiger partial charge in [-0.1, -0.05) is 24.3 Å². The molecule has 0 amide bonds. The molecule has 2 nitrogen and oxygen atoms in total. The number of nitrogens with two attached hydrogens (primary N) is 1. The fourth-order valence-electron chi connectivity index (χ4n) is 1.79. The van der Waals surface area contributed by atoms with E-state index in [1.165, 1.54) is 16.0 Å². The van der Waals surface area contributed by atoms with Gasteiger partial charge in [0.2, 0.25) is 0 Å². The average Bonchev–Trinajstić information content (AvgIpc) is 2.59. The maximum absolute atomic E-state index is 5.53. The molecule has 2 aromatic rings. The zero-order valence-corrected chi connectivity index (χ0v) is 10.5. The third-order valence-electron chi connectivity index (χ3n) is 2.55. The minimum absolute atomic E-state index is 0.706. The molecule has 1 aromatic heterocycles. The molecule has 0 aliphatic heterocycles. The number of nitrogens with zero attached hydrogens (tertiary/aromatic N) is 1. The Balaban J connectivity index is 2.31. The molecule has 2 rings (SSSR count). The van der Waals surface area contributed by atoms with E-state index in [-0.39, 0.29) is 0 Å². The second kappa shape index (κ2) is 4.76. The van der Waals surface area contributed by atoms with Crippen LogP contribution in [0.4, 0.5) is 0 Å². The molecule has 0 aliphatic rings. The van der Waals surface area contributed by atoms with Gasteiger partial charge in [-0.15, -0.1) is 11.3 Å². The molecule has 1 heterocycles. The fourth-order valence-corrected chi connectivity index (χ4v) is 2.71. The Morgan fingerprint density at radius 3 is 2.38 bits per heavy atom. The van der Waals surface area contributed by atoms with Gasteiger partial charge in [0, 0.05) is 0 Å². The van der Waals surface area contributed by atoms with Gasteiger partial charge in [0.1, 0.15) is 0 Å². The van der Waals surface area contributed by atoms with Crippen molar-refractivity contribution in [1.29, 1.82) is 0 Å². The van der Waals surface area contributed by atoms with Gasteiger partial charge in [-0.05, 0) is 37.9 Å². The largest absolute Gasteiger partial charge is 0.330 e. The molecule has 84 valence electrons. The van der Waals surface area contributed by atoms with Crippen LogP contribution in [0.25, 0.3) is 10.4 Å². The topological polar surface area (TPSA) is 38.9 Å². The van der Waals surface area contributed by atoms with Gasteiger partial charge in [0.05, 0.1) is 15.6 Å². The van der Waals surface area contributed by atoms with Crippen LogP contribution in [-0.2, 0) is 6.42 Å². The Bertz CT molecular complexity index is 471. The van der Waals surface area contributed by atoms with Crippen molar-refractivity contribution in [2.45, 2.75) is 20.3 Å². The Kier molecular flexibility index (Phi) is 3.36. The van der Waals surface area contributed by atoms with E-state index in [2.05, 4.69) is 36.2 Å². The molecule has 16 heavy (non-hydrogen) atoms. The maximum Gasteiger partial charge on any atom is 0.0903 e. The number of benzene rings is 1. The third kappa shape index (κ3) is 2.31. The van der Waals surface area contributed by atoms with Crippen LogP contribution in [0.15, 0.2) is 24.3 Å². The Hall–Kier alpha value is -1.19. The SMILES string of the molecule is Cc1nc(C)c(-c2ccc(CCN)cc2)s1. The Morgan fingerprint density at radius 2 is 1.88 bits per heavy atom. The van der Waals surface area contributed by atoms with E-state index in [1.54, 1.807) is 11.3 Å². The van der Waals surface area contributed by atoms with E-state index in [0.717, 1.165) is 17.1 Å². The van der Waals surface area contributed by atoms with E-state index in [4.69, 9.17) is 5.73 Å². The minimum atomic E-state index is 0.706. The highest BCUT2D eigenvalue weighted by Gasteiger charge is 2.06. The summed E-state index contributed by atoms with van der Waals surface area (Å²) in [5, 5.41) is 1.12. The monoisotopic (exact) mass is 232 g/mol. The number of hydrogen-bond donors (Lipinski definition) is 1. The van der Waals surface area contributed by atoms with Crippen molar-refractivity contribution in [3.8, 4) is 10.4 Å². The molecular weight excluding hydrogens is 216 g/mol. The highest BCUT2D eigenvalue weighted by molar-refractivity contribution is 7.15. The molecule has 0 bridgehead atoms. The van der Waals surface area contributed by atoms with Crippen molar-refractivity contribution < 1.29 is 0 Å². The summed E-state index contributed by atoms with van der Waals surface area (Å²) in [6.45, 7) is 4.81. The number of aryl methyl sites for hydroxylation is 2. The first-order valence-corrected chi connectivity index (χ1v) is 6.26. The highest BCUT2D eigenvalue weighted by atomic mass is 32.1. The van der Waals surface area contributed by atoms with Crippen LogP contribution in [0, 0.1) is 13.8 Å². The first-order valence-electron chi connectivity index (χ1n) is 5.44. The molecule has 0 atom stereocenters. The molecular formula is C13H16N2S. The van der Waals surface area contributed by atoms with Crippen molar-refractivity contribution in [3.63, 3.8) is 0 Å². The van der Waals surface area contributed by atoms with Crippen LogP contribution in [0.2, 0.25) is 0 Å². The lowest BCUT2D eigenvalue weighted by molar-refractivity contribution is 0.969. The van der Waals surface area contributed by atoms with Crippen molar-refractivity contribution >= 4 is 11.3 Å². The van der Waals surface area contributed by atoms with Gasteiger partial charge in [-0.2, -0.15) is 0 Å². The van der Waals surface area contributed by atoms with E-state index >= 15 is 0 Å². The molecule has 0 aliphatic carbocycles. The molecule has 1 aromatic carbocycles. The molecule has 0 unspecified atom stereocenters. The van der Waals surface area contributed by atoms with Crippen LogP contribution in [0.3, 0.4) is 0 Å². The summed E-state index contributed by atoms with van der Waals surface area (Å²) in [7, 11) is 0. The number of hydrogen-bond acceptors (Lipinski definition) is 3. The number of aromatic nitrogens is 1. The third-order valence-corrected chi connectivity index (χ3v) is 3.67. The summed E-state index contributed by atoms with van der Waals surface area (Å²) in [6, 6.07) is 8.61. The first kappa shape index (κ1) is 11.3. The molecule has 0 saturated carbocycles. The second-order valence-electron chi connectivity index (χ2n) is 3.88. The Labute approximate surface area is 100 Å². The van der Waals surface area contributed by atoms with E-state index in [0.29, 0.717) is 6.54 Å². The zero-order chi connectivity index (χ0) is 11.5. The Morgan fingerprint density at radius 1 is 1.19 bits per heavy atom.